The fraction of sp³-hybridized carbons (Fsp3) is 0.692. The molecule has 1 saturated carbocycles. The highest BCUT2D eigenvalue weighted by Crippen LogP contribution is 2.31. The van der Waals surface area contributed by atoms with E-state index in [0.717, 1.165) is 19.3 Å². The van der Waals surface area contributed by atoms with Gasteiger partial charge in [0, 0.05) is 0 Å². The van der Waals surface area contributed by atoms with Gasteiger partial charge in [0.25, 0.3) is 0 Å². The lowest BCUT2D eigenvalue weighted by Gasteiger charge is -2.30. The van der Waals surface area contributed by atoms with Gasteiger partial charge in [0.2, 0.25) is 10.0 Å². The molecule has 1 heterocycles. The van der Waals surface area contributed by atoms with Crippen LogP contribution in [0.25, 0.3) is 0 Å². The summed E-state index contributed by atoms with van der Waals surface area (Å²) in [4.78, 5) is 11.9. The quantitative estimate of drug-likeness (QED) is 0.817. The Hall–Kier alpha value is -1.41. The molecule has 8 heteroatoms. The summed E-state index contributed by atoms with van der Waals surface area (Å²) >= 11 is 0. The number of sulfonamides is 1. The van der Waals surface area contributed by atoms with E-state index >= 15 is 0 Å². The summed E-state index contributed by atoms with van der Waals surface area (Å²) < 4.78 is 28.5. The number of hydrogen-bond donors (Lipinski definition) is 2. The predicted octanol–water partition coefficient (Wildman–Crippen LogP) is 1.35. The van der Waals surface area contributed by atoms with E-state index in [1.807, 2.05) is 0 Å². The molecule has 1 aliphatic carbocycles. The van der Waals surface area contributed by atoms with Crippen LogP contribution in [0.2, 0.25) is 0 Å². The smallest absolute Gasteiger partial charge is 0.360 e. The van der Waals surface area contributed by atoms with Crippen LogP contribution in [0.15, 0.2) is 4.90 Å². The Morgan fingerprint density at radius 3 is 2.38 bits per heavy atom. The molecule has 0 aromatic carbocycles. The first-order chi connectivity index (χ1) is 9.68. The molecule has 0 spiro atoms. The van der Waals surface area contributed by atoms with Gasteiger partial charge in [-0.05, 0) is 38.0 Å². The summed E-state index contributed by atoms with van der Waals surface area (Å²) in [5.74, 6) is 0.213. The fourth-order valence-corrected chi connectivity index (χ4v) is 3.95. The normalized spacial score (nSPS) is 26.6. The number of carbonyl (C=O) groups is 1. The predicted molar refractivity (Wildman–Crippen MR) is 76.1 cm³/mol. The highest BCUT2D eigenvalue weighted by Gasteiger charge is 2.31. The lowest BCUT2D eigenvalue weighted by atomic mass is 9.82. The van der Waals surface area contributed by atoms with Crippen LogP contribution in [-0.4, -0.2) is 30.7 Å². The summed E-state index contributed by atoms with van der Waals surface area (Å²) in [7, 11) is -4.02. The summed E-state index contributed by atoms with van der Waals surface area (Å²) in [6.07, 6.45) is 2.47. The number of aromatic nitrogens is 2. The zero-order valence-corrected chi connectivity index (χ0v) is 13.2. The lowest BCUT2D eigenvalue weighted by molar-refractivity contribution is 0.00704. The topological polar surface area (TPSA) is 115 Å². The molecular formula is C13H21N3O4S. The van der Waals surface area contributed by atoms with Gasteiger partial charge in [-0.15, -0.1) is 0 Å². The molecule has 118 valence electrons. The second kappa shape index (κ2) is 5.76. The van der Waals surface area contributed by atoms with Crippen LogP contribution in [0.3, 0.4) is 0 Å². The Labute approximate surface area is 124 Å². The first-order valence-electron chi connectivity index (χ1n) is 6.97. The zero-order chi connectivity index (χ0) is 15.8. The van der Waals surface area contributed by atoms with Gasteiger partial charge in [-0.1, -0.05) is 13.8 Å². The van der Waals surface area contributed by atoms with E-state index in [2.05, 4.69) is 24.0 Å². The van der Waals surface area contributed by atoms with Crippen LogP contribution >= 0.6 is 0 Å². The van der Waals surface area contributed by atoms with Gasteiger partial charge in [-0.25, -0.2) is 18.4 Å². The molecule has 2 atom stereocenters. The fourth-order valence-electron chi connectivity index (χ4n) is 3.08. The first-order valence-corrected chi connectivity index (χ1v) is 8.51. The van der Waals surface area contributed by atoms with Crippen molar-refractivity contribution in [2.24, 2.45) is 17.0 Å². The van der Waals surface area contributed by atoms with E-state index in [1.54, 1.807) is 0 Å². The van der Waals surface area contributed by atoms with Gasteiger partial charge in [0.15, 0.2) is 5.69 Å². The summed E-state index contributed by atoms with van der Waals surface area (Å²) in [6.45, 7) is 5.73. The van der Waals surface area contributed by atoms with Crippen molar-refractivity contribution in [2.75, 3.05) is 0 Å². The van der Waals surface area contributed by atoms with Crippen molar-refractivity contribution >= 4 is 16.0 Å². The monoisotopic (exact) mass is 315 g/mol. The molecular weight excluding hydrogens is 294 g/mol. The molecule has 2 rings (SSSR count). The van der Waals surface area contributed by atoms with Crippen LogP contribution in [-0.2, 0) is 14.8 Å². The Morgan fingerprint density at radius 1 is 1.29 bits per heavy atom. The van der Waals surface area contributed by atoms with Crippen molar-refractivity contribution in [3.8, 4) is 0 Å². The van der Waals surface area contributed by atoms with Crippen molar-refractivity contribution < 1.29 is 17.9 Å². The van der Waals surface area contributed by atoms with E-state index < -0.39 is 16.0 Å². The van der Waals surface area contributed by atoms with Crippen molar-refractivity contribution in [3.63, 3.8) is 0 Å². The number of aryl methyl sites for hydroxylation is 1. The number of ether oxygens (including phenoxy) is 1. The largest absolute Gasteiger partial charge is 0.458 e. The van der Waals surface area contributed by atoms with E-state index in [-0.39, 0.29) is 22.4 Å². The maximum Gasteiger partial charge on any atom is 0.360 e. The number of esters is 1. The maximum absolute atomic E-state index is 12.2. The Kier molecular flexibility index (Phi) is 4.38. The Morgan fingerprint density at radius 2 is 1.86 bits per heavy atom. The number of H-pyrrole nitrogens is 1. The molecule has 0 bridgehead atoms. The molecule has 1 aromatic rings. The van der Waals surface area contributed by atoms with Crippen molar-refractivity contribution in [3.05, 3.63) is 11.4 Å². The van der Waals surface area contributed by atoms with Crippen LogP contribution in [0.5, 0.6) is 0 Å². The number of nitrogens with zero attached hydrogens (tertiary/aromatic N) is 1. The molecule has 21 heavy (non-hydrogen) atoms. The van der Waals surface area contributed by atoms with E-state index in [4.69, 9.17) is 9.88 Å². The molecule has 1 fully saturated rings. The number of nitrogens with one attached hydrogen (secondary N) is 1. The molecule has 2 unspecified atom stereocenters. The van der Waals surface area contributed by atoms with E-state index in [9.17, 15) is 13.2 Å². The lowest BCUT2D eigenvalue weighted by Crippen LogP contribution is -2.29. The standard InChI is InChI=1S/C13H21N3O4S/c1-7-4-8(2)6-10(5-7)20-13(17)11-12(21(14,18)19)9(3)15-16-11/h7-8,10H,4-6H2,1-3H3,(H,15,16)(H2,14,18,19). The molecule has 0 radical (unpaired) electrons. The van der Waals surface area contributed by atoms with Gasteiger partial charge in [-0.2, -0.15) is 5.10 Å². The van der Waals surface area contributed by atoms with Gasteiger partial charge < -0.3 is 4.74 Å². The minimum atomic E-state index is -4.02. The molecule has 7 nitrogen and oxygen atoms in total. The van der Waals surface area contributed by atoms with Crippen LogP contribution in [0.4, 0.5) is 0 Å². The Bertz CT molecular complexity index is 628. The number of hydrogen-bond acceptors (Lipinski definition) is 5. The molecule has 0 amide bonds. The molecule has 0 aliphatic heterocycles. The summed E-state index contributed by atoms with van der Waals surface area (Å²) in [6, 6.07) is 0. The Balaban J connectivity index is 2.18. The van der Waals surface area contributed by atoms with Crippen molar-refractivity contribution in [1.29, 1.82) is 0 Å². The number of primary sulfonamides is 1. The number of carbonyl (C=O) groups excluding carboxylic acids is 1. The third-order valence-corrected chi connectivity index (χ3v) is 4.85. The van der Waals surface area contributed by atoms with Crippen LogP contribution < -0.4 is 5.14 Å². The average Bonchev–Trinajstić information content (AvgIpc) is 2.69. The van der Waals surface area contributed by atoms with Gasteiger partial charge in [-0.3, -0.25) is 5.10 Å². The van der Waals surface area contributed by atoms with Crippen LogP contribution in [0.1, 0.15) is 49.3 Å². The minimum absolute atomic E-state index is 0.207. The first kappa shape index (κ1) is 16.0. The molecule has 0 saturated heterocycles. The third-order valence-electron chi connectivity index (χ3n) is 3.78. The van der Waals surface area contributed by atoms with Gasteiger partial charge in [0.05, 0.1) is 5.69 Å². The third kappa shape index (κ3) is 3.62. The van der Waals surface area contributed by atoms with E-state index in [0.29, 0.717) is 11.8 Å². The number of aromatic amines is 1. The highest BCUT2D eigenvalue weighted by atomic mass is 32.2. The average molecular weight is 315 g/mol. The minimum Gasteiger partial charge on any atom is -0.458 e. The number of rotatable bonds is 3. The molecule has 1 aliphatic rings. The van der Waals surface area contributed by atoms with Crippen molar-refractivity contribution in [1.82, 2.24) is 10.2 Å². The van der Waals surface area contributed by atoms with E-state index in [1.165, 1.54) is 6.92 Å². The summed E-state index contributed by atoms with van der Waals surface area (Å²) in [5, 5.41) is 11.3. The molecule has 1 aromatic heterocycles. The highest BCUT2D eigenvalue weighted by molar-refractivity contribution is 7.89. The summed E-state index contributed by atoms with van der Waals surface area (Å²) in [5.41, 5.74) is -0.0318. The second-order valence-electron chi connectivity index (χ2n) is 6.02. The SMILES string of the molecule is Cc1[nH]nc(C(=O)OC2CC(C)CC(C)C2)c1S(N)(=O)=O. The van der Waals surface area contributed by atoms with Gasteiger partial charge in [0.1, 0.15) is 11.0 Å². The second-order valence-corrected chi connectivity index (χ2v) is 7.51. The zero-order valence-electron chi connectivity index (χ0n) is 12.4. The van der Waals surface area contributed by atoms with Crippen LogP contribution in [0, 0.1) is 18.8 Å². The van der Waals surface area contributed by atoms with Crippen molar-refractivity contribution in [2.45, 2.75) is 51.0 Å². The number of nitrogens with two attached hydrogens (primary N) is 1. The maximum atomic E-state index is 12.2. The van der Waals surface area contributed by atoms with Gasteiger partial charge >= 0.3 is 5.97 Å². The molecule has 3 N–H and O–H groups in total.